The summed E-state index contributed by atoms with van der Waals surface area (Å²) in [6.45, 7) is 3.67. The number of aryl methyl sites for hydroxylation is 1. The van der Waals surface area contributed by atoms with Crippen LogP contribution in [0.2, 0.25) is 0 Å². The number of amides is 1. The van der Waals surface area contributed by atoms with E-state index in [9.17, 15) is 9.18 Å². The molecule has 1 aliphatic rings. The van der Waals surface area contributed by atoms with Crippen LogP contribution in [0.5, 0.6) is 0 Å². The van der Waals surface area contributed by atoms with Crippen LogP contribution >= 0.6 is 0 Å². The lowest BCUT2D eigenvalue weighted by Crippen LogP contribution is -2.29. The van der Waals surface area contributed by atoms with Crippen LogP contribution in [0.1, 0.15) is 12.0 Å². The Bertz CT molecular complexity index is 406. The maximum Gasteiger partial charge on any atom is 0.221 e. The van der Waals surface area contributed by atoms with Crippen molar-refractivity contribution < 1.29 is 9.18 Å². The molecule has 1 fully saturated rings. The Morgan fingerprint density at radius 2 is 2.19 bits per heavy atom. The highest BCUT2D eigenvalue weighted by molar-refractivity contribution is 5.77. The number of rotatable bonds is 1. The van der Waals surface area contributed by atoms with Crippen LogP contribution in [0.25, 0.3) is 0 Å². The minimum Gasteiger partial charge on any atom is -0.367 e. The molecule has 3 nitrogen and oxygen atoms in total. The molecular weight excluding hydrogens is 207 g/mol. The van der Waals surface area contributed by atoms with Gasteiger partial charge in [-0.05, 0) is 24.6 Å². The zero-order valence-electron chi connectivity index (χ0n) is 9.29. The summed E-state index contributed by atoms with van der Waals surface area (Å²) in [5.41, 5.74) is 1.49. The smallest absolute Gasteiger partial charge is 0.221 e. The van der Waals surface area contributed by atoms with E-state index >= 15 is 0 Å². The van der Waals surface area contributed by atoms with E-state index in [0.29, 0.717) is 31.7 Å². The van der Waals surface area contributed by atoms with E-state index in [2.05, 4.69) is 5.32 Å². The number of hydrogen-bond donors (Lipinski definition) is 1. The molecule has 0 aliphatic carbocycles. The van der Waals surface area contributed by atoms with Gasteiger partial charge in [0.1, 0.15) is 5.82 Å². The molecule has 0 radical (unpaired) electrons. The van der Waals surface area contributed by atoms with Gasteiger partial charge in [-0.1, -0.05) is 6.07 Å². The average molecular weight is 222 g/mol. The zero-order chi connectivity index (χ0) is 11.5. The van der Waals surface area contributed by atoms with Gasteiger partial charge in [-0.2, -0.15) is 0 Å². The Morgan fingerprint density at radius 1 is 1.38 bits per heavy atom. The molecule has 0 aromatic heterocycles. The summed E-state index contributed by atoms with van der Waals surface area (Å²) in [4.78, 5) is 13.1. The topological polar surface area (TPSA) is 32.3 Å². The largest absolute Gasteiger partial charge is 0.367 e. The molecule has 4 heteroatoms. The number of benzene rings is 1. The molecule has 2 rings (SSSR count). The van der Waals surface area contributed by atoms with Crippen LogP contribution in [0.4, 0.5) is 10.1 Å². The Labute approximate surface area is 94.3 Å². The van der Waals surface area contributed by atoms with Crippen molar-refractivity contribution in [2.24, 2.45) is 0 Å². The lowest BCUT2D eigenvalue weighted by molar-refractivity contribution is -0.120. The quantitative estimate of drug-likeness (QED) is 0.780. The Hall–Kier alpha value is -1.58. The van der Waals surface area contributed by atoms with Crippen LogP contribution in [-0.2, 0) is 4.79 Å². The molecule has 86 valence electrons. The molecular formula is C12H15FN2O. The average Bonchev–Trinajstić information content (AvgIpc) is 2.43. The van der Waals surface area contributed by atoms with E-state index in [-0.39, 0.29) is 11.7 Å². The zero-order valence-corrected chi connectivity index (χ0v) is 9.29. The van der Waals surface area contributed by atoms with Crippen molar-refractivity contribution in [3.05, 3.63) is 29.6 Å². The monoisotopic (exact) mass is 222 g/mol. The highest BCUT2D eigenvalue weighted by atomic mass is 19.1. The van der Waals surface area contributed by atoms with Gasteiger partial charge in [-0.25, -0.2) is 4.39 Å². The van der Waals surface area contributed by atoms with Gasteiger partial charge in [-0.3, -0.25) is 4.79 Å². The predicted octanol–water partition coefficient (Wildman–Crippen LogP) is 1.46. The Balaban J connectivity index is 2.19. The first-order valence-electron chi connectivity index (χ1n) is 5.44. The highest BCUT2D eigenvalue weighted by Crippen LogP contribution is 2.20. The molecule has 1 amide bonds. The summed E-state index contributed by atoms with van der Waals surface area (Å²) in [6.07, 6.45) is 0.424. The fraction of sp³-hybridized carbons (Fsp3) is 0.417. The fourth-order valence-corrected chi connectivity index (χ4v) is 1.88. The molecule has 0 saturated carbocycles. The molecule has 1 saturated heterocycles. The van der Waals surface area contributed by atoms with Crippen molar-refractivity contribution in [2.75, 3.05) is 24.5 Å². The van der Waals surface area contributed by atoms with Gasteiger partial charge in [0, 0.05) is 26.1 Å². The normalized spacial score (nSPS) is 16.9. The first-order chi connectivity index (χ1) is 7.66. The van der Waals surface area contributed by atoms with Crippen LogP contribution in [-0.4, -0.2) is 25.5 Å². The number of anilines is 1. The van der Waals surface area contributed by atoms with Crippen molar-refractivity contribution in [3.63, 3.8) is 0 Å². The van der Waals surface area contributed by atoms with Gasteiger partial charge in [0.2, 0.25) is 5.91 Å². The molecule has 0 unspecified atom stereocenters. The van der Waals surface area contributed by atoms with Crippen molar-refractivity contribution in [1.29, 1.82) is 0 Å². The third kappa shape index (κ3) is 2.32. The van der Waals surface area contributed by atoms with Crippen molar-refractivity contribution in [3.8, 4) is 0 Å². The van der Waals surface area contributed by atoms with E-state index < -0.39 is 0 Å². The molecule has 0 spiro atoms. The minimum atomic E-state index is -0.214. The lowest BCUT2D eigenvalue weighted by atomic mass is 10.2. The van der Waals surface area contributed by atoms with Crippen molar-refractivity contribution >= 4 is 11.6 Å². The number of nitrogens with zero attached hydrogens (tertiary/aromatic N) is 1. The maximum absolute atomic E-state index is 13.7. The molecule has 0 atom stereocenters. The summed E-state index contributed by atoms with van der Waals surface area (Å²) < 4.78 is 13.7. The van der Waals surface area contributed by atoms with Gasteiger partial charge in [0.15, 0.2) is 0 Å². The van der Waals surface area contributed by atoms with Crippen molar-refractivity contribution in [1.82, 2.24) is 5.32 Å². The van der Waals surface area contributed by atoms with E-state index in [1.807, 2.05) is 17.9 Å². The standard InChI is InChI=1S/C12H15FN2O/c1-9-2-3-11(10(13)8-9)15-6-4-12(16)14-5-7-15/h2-3,8H,4-7H2,1H3,(H,14,16). The number of halogens is 1. The summed E-state index contributed by atoms with van der Waals surface area (Å²) in [5, 5.41) is 2.77. The van der Waals surface area contributed by atoms with Gasteiger partial charge < -0.3 is 10.2 Å². The Morgan fingerprint density at radius 3 is 2.94 bits per heavy atom. The first-order valence-corrected chi connectivity index (χ1v) is 5.44. The van der Waals surface area contributed by atoms with E-state index in [4.69, 9.17) is 0 Å². The summed E-state index contributed by atoms with van der Waals surface area (Å²) in [6, 6.07) is 5.19. The molecule has 1 aliphatic heterocycles. The van der Waals surface area contributed by atoms with Gasteiger partial charge in [-0.15, -0.1) is 0 Å². The molecule has 1 N–H and O–H groups in total. The molecule has 1 heterocycles. The minimum absolute atomic E-state index is 0.0371. The van der Waals surface area contributed by atoms with E-state index in [1.165, 1.54) is 6.07 Å². The van der Waals surface area contributed by atoms with Gasteiger partial charge in [0.05, 0.1) is 5.69 Å². The predicted molar refractivity (Wildman–Crippen MR) is 61.0 cm³/mol. The van der Waals surface area contributed by atoms with Crippen LogP contribution < -0.4 is 10.2 Å². The van der Waals surface area contributed by atoms with Crippen molar-refractivity contribution in [2.45, 2.75) is 13.3 Å². The summed E-state index contributed by atoms with van der Waals surface area (Å²) >= 11 is 0. The second-order valence-electron chi connectivity index (χ2n) is 4.04. The van der Waals surface area contributed by atoms with Gasteiger partial charge >= 0.3 is 0 Å². The maximum atomic E-state index is 13.7. The second kappa shape index (κ2) is 4.51. The summed E-state index contributed by atoms with van der Waals surface area (Å²) in [7, 11) is 0. The summed E-state index contributed by atoms with van der Waals surface area (Å²) in [5.74, 6) is -0.177. The molecule has 1 aromatic rings. The third-order valence-electron chi connectivity index (χ3n) is 2.76. The molecule has 1 aromatic carbocycles. The van der Waals surface area contributed by atoms with Crippen LogP contribution in [0.3, 0.4) is 0 Å². The second-order valence-corrected chi connectivity index (χ2v) is 4.04. The van der Waals surface area contributed by atoms with Crippen LogP contribution in [0, 0.1) is 12.7 Å². The van der Waals surface area contributed by atoms with Crippen LogP contribution in [0.15, 0.2) is 18.2 Å². The number of carbonyl (C=O) groups excluding carboxylic acids is 1. The highest BCUT2D eigenvalue weighted by Gasteiger charge is 2.16. The first kappa shape index (κ1) is 10.9. The van der Waals surface area contributed by atoms with E-state index in [0.717, 1.165) is 5.56 Å². The fourth-order valence-electron chi connectivity index (χ4n) is 1.88. The molecule has 0 bridgehead atoms. The number of nitrogens with one attached hydrogen (secondary N) is 1. The Kier molecular flexibility index (Phi) is 3.08. The number of carbonyl (C=O) groups is 1. The number of hydrogen-bond acceptors (Lipinski definition) is 2. The van der Waals surface area contributed by atoms with Gasteiger partial charge in [0.25, 0.3) is 0 Å². The van der Waals surface area contributed by atoms with E-state index in [1.54, 1.807) is 6.07 Å². The SMILES string of the molecule is Cc1ccc(N2CCNC(=O)CC2)c(F)c1. The third-order valence-corrected chi connectivity index (χ3v) is 2.76. The lowest BCUT2D eigenvalue weighted by Gasteiger charge is -2.22. The molecule has 16 heavy (non-hydrogen) atoms.